The standard InChI is InChI=1S/C19H18N4O2S/c1-4-12-7-5-6-8-14(12)23-19(24)17-16(21-22-23)15-13(10-25-3)9-11(2)20-18(15)26-17/h5-9H,4,10H2,1-3H3. The number of fused-ring (bicyclic) bond motifs is 3. The van der Waals surface area contributed by atoms with Crippen molar-refractivity contribution in [1.29, 1.82) is 0 Å². The number of hydrogen-bond acceptors (Lipinski definition) is 6. The molecule has 0 N–H and O–H groups in total. The summed E-state index contributed by atoms with van der Waals surface area (Å²) >= 11 is 1.36. The van der Waals surface area contributed by atoms with E-state index in [2.05, 4.69) is 22.2 Å². The highest BCUT2D eigenvalue weighted by atomic mass is 32.1. The van der Waals surface area contributed by atoms with Crippen LogP contribution in [-0.4, -0.2) is 27.1 Å². The maximum absolute atomic E-state index is 13.1. The predicted molar refractivity (Wildman–Crippen MR) is 103 cm³/mol. The first kappa shape index (κ1) is 16.8. The Hall–Kier alpha value is -2.64. The van der Waals surface area contributed by atoms with E-state index in [0.717, 1.165) is 39.1 Å². The highest BCUT2D eigenvalue weighted by molar-refractivity contribution is 7.25. The predicted octanol–water partition coefficient (Wildman–Crippen LogP) is 3.41. The fraction of sp³-hybridized carbons (Fsp3) is 0.263. The molecular weight excluding hydrogens is 348 g/mol. The molecule has 6 nitrogen and oxygen atoms in total. The SMILES string of the molecule is CCc1ccccc1-n1nnc2c(sc3nc(C)cc(COC)c32)c1=O. The maximum Gasteiger partial charge on any atom is 0.292 e. The number of para-hydroxylation sites is 1. The van der Waals surface area contributed by atoms with Gasteiger partial charge in [-0.05, 0) is 36.6 Å². The molecule has 0 saturated carbocycles. The first-order chi connectivity index (χ1) is 12.6. The van der Waals surface area contributed by atoms with E-state index in [1.165, 1.54) is 16.0 Å². The first-order valence-electron chi connectivity index (χ1n) is 8.40. The van der Waals surface area contributed by atoms with E-state index in [-0.39, 0.29) is 5.56 Å². The van der Waals surface area contributed by atoms with Gasteiger partial charge in [-0.1, -0.05) is 30.3 Å². The number of hydrogen-bond donors (Lipinski definition) is 0. The Morgan fingerprint density at radius 2 is 2.04 bits per heavy atom. The number of benzene rings is 1. The van der Waals surface area contributed by atoms with Gasteiger partial charge in [0.1, 0.15) is 15.0 Å². The molecule has 4 aromatic rings. The Bertz CT molecular complexity index is 1180. The molecule has 0 amide bonds. The van der Waals surface area contributed by atoms with Crippen molar-refractivity contribution in [2.75, 3.05) is 7.11 Å². The lowest BCUT2D eigenvalue weighted by Gasteiger charge is -2.08. The van der Waals surface area contributed by atoms with E-state index < -0.39 is 0 Å². The van der Waals surface area contributed by atoms with Crippen molar-refractivity contribution in [2.24, 2.45) is 0 Å². The molecule has 0 radical (unpaired) electrons. The van der Waals surface area contributed by atoms with Crippen LogP contribution in [0.2, 0.25) is 0 Å². The smallest absolute Gasteiger partial charge is 0.292 e. The summed E-state index contributed by atoms with van der Waals surface area (Å²) in [5.74, 6) is 0. The van der Waals surface area contributed by atoms with E-state index in [4.69, 9.17) is 4.74 Å². The van der Waals surface area contributed by atoms with Gasteiger partial charge in [-0.2, -0.15) is 4.68 Å². The summed E-state index contributed by atoms with van der Waals surface area (Å²) in [7, 11) is 1.65. The topological polar surface area (TPSA) is 69.9 Å². The Balaban J connectivity index is 2.04. The Morgan fingerprint density at radius 1 is 1.23 bits per heavy atom. The normalized spacial score (nSPS) is 11.5. The average molecular weight is 366 g/mol. The molecule has 7 heteroatoms. The van der Waals surface area contributed by atoms with Crippen LogP contribution in [0.4, 0.5) is 0 Å². The molecular formula is C19H18N4O2S. The van der Waals surface area contributed by atoms with Crippen LogP contribution in [0.1, 0.15) is 23.7 Å². The molecule has 1 aromatic carbocycles. The van der Waals surface area contributed by atoms with Crippen LogP contribution in [-0.2, 0) is 17.8 Å². The minimum absolute atomic E-state index is 0.167. The van der Waals surface area contributed by atoms with E-state index in [1.54, 1.807) is 7.11 Å². The van der Waals surface area contributed by atoms with Crippen LogP contribution < -0.4 is 5.56 Å². The summed E-state index contributed by atoms with van der Waals surface area (Å²) in [6.45, 7) is 4.43. The van der Waals surface area contributed by atoms with Gasteiger partial charge < -0.3 is 4.74 Å². The Kier molecular flexibility index (Phi) is 4.26. The second-order valence-corrected chi connectivity index (χ2v) is 7.10. The molecule has 3 heterocycles. The zero-order valence-electron chi connectivity index (χ0n) is 14.8. The average Bonchev–Trinajstić information content (AvgIpc) is 3.01. The van der Waals surface area contributed by atoms with Crippen LogP contribution in [0.15, 0.2) is 35.1 Å². The molecule has 0 bridgehead atoms. The molecule has 0 atom stereocenters. The van der Waals surface area contributed by atoms with Gasteiger partial charge in [0.05, 0.1) is 12.3 Å². The van der Waals surface area contributed by atoms with Gasteiger partial charge in [-0.25, -0.2) is 4.98 Å². The maximum atomic E-state index is 13.1. The monoisotopic (exact) mass is 366 g/mol. The summed E-state index contributed by atoms with van der Waals surface area (Å²) in [4.78, 5) is 18.5. The molecule has 0 fully saturated rings. The molecule has 4 rings (SSSR count). The van der Waals surface area contributed by atoms with E-state index >= 15 is 0 Å². The number of thiophene rings is 1. The van der Waals surface area contributed by atoms with Crippen LogP contribution in [0.5, 0.6) is 0 Å². The quantitative estimate of drug-likeness (QED) is 0.554. The van der Waals surface area contributed by atoms with Gasteiger partial charge >= 0.3 is 0 Å². The highest BCUT2D eigenvalue weighted by Gasteiger charge is 2.18. The zero-order chi connectivity index (χ0) is 18.3. The summed E-state index contributed by atoms with van der Waals surface area (Å²) in [6, 6.07) is 9.73. The first-order valence-corrected chi connectivity index (χ1v) is 9.21. The lowest BCUT2D eigenvalue weighted by Crippen LogP contribution is -2.22. The van der Waals surface area contributed by atoms with Crippen LogP contribution in [0.25, 0.3) is 26.1 Å². The second-order valence-electron chi connectivity index (χ2n) is 6.10. The number of aromatic nitrogens is 4. The molecule has 3 aromatic heterocycles. The van der Waals surface area contributed by atoms with Gasteiger partial charge in [0.15, 0.2) is 0 Å². The van der Waals surface area contributed by atoms with Gasteiger partial charge in [-0.3, -0.25) is 4.79 Å². The summed E-state index contributed by atoms with van der Waals surface area (Å²) in [6.07, 6.45) is 0.813. The van der Waals surface area contributed by atoms with Gasteiger partial charge in [0.25, 0.3) is 5.56 Å². The minimum Gasteiger partial charge on any atom is -0.380 e. The zero-order valence-corrected chi connectivity index (χ0v) is 15.6. The molecule has 0 saturated heterocycles. The van der Waals surface area contributed by atoms with E-state index in [9.17, 15) is 4.79 Å². The molecule has 26 heavy (non-hydrogen) atoms. The highest BCUT2D eigenvalue weighted by Crippen LogP contribution is 2.32. The Morgan fingerprint density at radius 3 is 2.81 bits per heavy atom. The number of aryl methyl sites for hydroxylation is 2. The van der Waals surface area contributed by atoms with Crippen molar-refractivity contribution in [1.82, 2.24) is 20.0 Å². The molecule has 0 unspecified atom stereocenters. The lowest BCUT2D eigenvalue weighted by atomic mass is 10.1. The molecule has 0 aliphatic heterocycles. The van der Waals surface area contributed by atoms with Crippen LogP contribution in [0, 0.1) is 6.92 Å². The van der Waals surface area contributed by atoms with E-state index in [1.807, 2.05) is 37.3 Å². The largest absolute Gasteiger partial charge is 0.380 e. The van der Waals surface area contributed by atoms with Crippen LogP contribution in [0.3, 0.4) is 0 Å². The van der Waals surface area contributed by atoms with Crippen molar-refractivity contribution in [2.45, 2.75) is 26.9 Å². The summed E-state index contributed by atoms with van der Waals surface area (Å²) in [5.41, 5.74) is 4.12. The molecule has 0 aliphatic rings. The number of ether oxygens (including phenoxy) is 1. The second kappa shape index (κ2) is 6.59. The van der Waals surface area contributed by atoms with Crippen LogP contribution >= 0.6 is 11.3 Å². The van der Waals surface area contributed by atoms with Crippen molar-refractivity contribution < 1.29 is 4.74 Å². The molecule has 0 aliphatic carbocycles. The molecule has 0 spiro atoms. The molecule has 132 valence electrons. The van der Waals surface area contributed by atoms with Crippen molar-refractivity contribution in [3.05, 3.63) is 57.5 Å². The fourth-order valence-corrected chi connectivity index (χ4v) is 4.33. The number of pyridine rings is 1. The summed E-state index contributed by atoms with van der Waals surface area (Å²) in [5, 5.41) is 9.47. The van der Waals surface area contributed by atoms with Crippen molar-refractivity contribution in [3.8, 4) is 5.69 Å². The minimum atomic E-state index is -0.167. The Labute approximate surface area is 154 Å². The fourth-order valence-electron chi connectivity index (χ4n) is 3.21. The number of rotatable bonds is 4. The number of methoxy groups -OCH3 is 1. The van der Waals surface area contributed by atoms with Gasteiger partial charge in [0.2, 0.25) is 0 Å². The van der Waals surface area contributed by atoms with Crippen molar-refractivity contribution >= 4 is 31.8 Å². The third-order valence-electron chi connectivity index (χ3n) is 4.37. The number of nitrogens with zero attached hydrogens (tertiary/aromatic N) is 4. The van der Waals surface area contributed by atoms with E-state index in [0.29, 0.717) is 16.8 Å². The third-order valence-corrected chi connectivity index (χ3v) is 5.43. The van der Waals surface area contributed by atoms with Crippen molar-refractivity contribution in [3.63, 3.8) is 0 Å². The van der Waals surface area contributed by atoms with Gasteiger partial charge in [-0.15, -0.1) is 16.4 Å². The van der Waals surface area contributed by atoms with Gasteiger partial charge in [0, 0.05) is 18.2 Å². The lowest BCUT2D eigenvalue weighted by molar-refractivity contribution is 0.186. The summed E-state index contributed by atoms with van der Waals surface area (Å²) < 4.78 is 7.26. The third kappa shape index (κ3) is 2.60.